The van der Waals surface area contributed by atoms with Crippen LogP contribution in [0.4, 0.5) is 9.18 Å². The molecule has 0 aliphatic carbocycles. The van der Waals surface area contributed by atoms with Crippen LogP contribution < -0.4 is 4.74 Å². The third-order valence-corrected chi connectivity index (χ3v) is 4.07. The molecule has 1 aliphatic heterocycles. The molecule has 0 unspecified atom stereocenters. The Labute approximate surface area is 148 Å². The van der Waals surface area contributed by atoms with Crippen molar-refractivity contribution < 1.29 is 23.8 Å². The molecule has 1 aliphatic rings. The lowest BCUT2D eigenvalue weighted by Gasteiger charge is -2.28. The summed E-state index contributed by atoms with van der Waals surface area (Å²) in [6, 6.07) is 4.35. The molecule has 140 valence electrons. The van der Waals surface area contributed by atoms with Crippen molar-refractivity contribution in [1.82, 2.24) is 4.90 Å². The average Bonchev–Trinajstić information content (AvgIpc) is 2.99. The number of hydrogen-bond acceptors (Lipinski definition) is 4. The number of aliphatic hydroxyl groups is 1. The van der Waals surface area contributed by atoms with Crippen molar-refractivity contribution in [2.45, 2.75) is 58.1 Å². The Kier molecular flexibility index (Phi) is 6.64. The van der Waals surface area contributed by atoms with E-state index < -0.39 is 5.60 Å². The number of carbonyl (C=O) groups excluding carboxylic acids is 1. The van der Waals surface area contributed by atoms with Gasteiger partial charge in [-0.05, 0) is 58.1 Å². The lowest BCUT2D eigenvalue weighted by Crippen LogP contribution is -2.42. The van der Waals surface area contributed by atoms with E-state index in [1.165, 1.54) is 12.1 Å². The topological polar surface area (TPSA) is 59.0 Å². The van der Waals surface area contributed by atoms with Crippen LogP contribution in [0.15, 0.2) is 18.2 Å². The average molecular weight is 353 g/mol. The Morgan fingerprint density at radius 1 is 1.40 bits per heavy atom. The van der Waals surface area contributed by atoms with Crippen molar-refractivity contribution >= 4 is 6.09 Å². The summed E-state index contributed by atoms with van der Waals surface area (Å²) in [7, 11) is 0. The number of aliphatic hydroxyl groups excluding tert-OH is 1. The first-order chi connectivity index (χ1) is 11.8. The standard InChI is InChI=1S/C19H28FNO4/c1-19(2,3)25-18(23)21-10-4-7-16(21)13-24-17-12-15(20)9-8-14(17)6-5-11-22/h8-9,12,16,22H,4-7,10-11,13H2,1-3H3/t16-/m0/s1. The van der Waals surface area contributed by atoms with Gasteiger partial charge < -0.3 is 19.5 Å². The monoisotopic (exact) mass is 353 g/mol. The minimum Gasteiger partial charge on any atom is -0.491 e. The number of carbonyl (C=O) groups is 1. The van der Waals surface area contributed by atoms with Crippen molar-refractivity contribution in [3.05, 3.63) is 29.6 Å². The molecule has 0 bridgehead atoms. The first kappa shape index (κ1) is 19.5. The summed E-state index contributed by atoms with van der Waals surface area (Å²) in [5.74, 6) is 0.114. The van der Waals surface area contributed by atoms with Crippen LogP contribution in [0.1, 0.15) is 45.6 Å². The zero-order valence-corrected chi connectivity index (χ0v) is 15.3. The first-order valence-corrected chi connectivity index (χ1v) is 8.82. The molecule has 1 saturated heterocycles. The smallest absolute Gasteiger partial charge is 0.410 e. The maximum atomic E-state index is 13.5. The molecule has 1 N–H and O–H groups in total. The Hall–Kier alpha value is -1.82. The molecule has 0 spiro atoms. The maximum Gasteiger partial charge on any atom is 0.410 e. The molecule has 1 atom stereocenters. The van der Waals surface area contributed by atoms with Crippen LogP contribution in [0.25, 0.3) is 0 Å². The van der Waals surface area contributed by atoms with Crippen molar-refractivity contribution in [3.8, 4) is 5.75 Å². The van der Waals surface area contributed by atoms with E-state index in [9.17, 15) is 9.18 Å². The van der Waals surface area contributed by atoms with Gasteiger partial charge in [0.1, 0.15) is 23.8 Å². The molecule has 0 radical (unpaired) electrons. The van der Waals surface area contributed by atoms with Gasteiger partial charge in [0, 0.05) is 19.2 Å². The fourth-order valence-electron chi connectivity index (χ4n) is 2.89. The molecule has 1 aromatic rings. The molecule has 1 heterocycles. The lowest BCUT2D eigenvalue weighted by molar-refractivity contribution is 0.0187. The molecule has 1 aromatic carbocycles. The molecule has 25 heavy (non-hydrogen) atoms. The Morgan fingerprint density at radius 2 is 2.16 bits per heavy atom. The number of benzene rings is 1. The van der Waals surface area contributed by atoms with E-state index in [2.05, 4.69) is 0 Å². The lowest BCUT2D eigenvalue weighted by atomic mass is 10.1. The number of likely N-dealkylation sites (tertiary alicyclic amines) is 1. The van der Waals surface area contributed by atoms with Crippen LogP contribution in [0.2, 0.25) is 0 Å². The maximum absolute atomic E-state index is 13.5. The van der Waals surface area contributed by atoms with Crippen LogP contribution in [0, 0.1) is 5.82 Å². The second-order valence-electron chi connectivity index (χ2n) is 7.36. The fourth-order valence-corrected chi connectivity index (χ4v) is 2.89. The number of hydrogen-bond donors (Lipinski definition) is 1. The van der Waals surface area contributed by atoms with E-state index in [0.29, 0.717) is 31.7 Å². The largest absolute Gasteiger partial charge is 0.491 e. The van der Waals surface area contributed by atoms with Gasteiger partial charge in [0.05, 0.1) is 6.04 Å². The van der Waals surface area contributed by atoms with E-state index in [1.54, 1.807) is 11.0 Å². The molecular formula is C19H28FNO4. The Bertz CT molecular complexity index is 585. The zero-order valence-electron chi connectivity index (χ0n) is 15.3. The zero-order chi connectivity index (χ0) is 18.4. The van der Waals surface area contributed by atoms with Gasteiger partial charge >= 0.3 is 6.09 Å². The Balaban J connectivity index is 2.00. The van der Waals surface area contributed by atoms with E-state index in [-0.39, 0.29) is 24.6 Å². The van der Waals surface area contributed by atoms with Gasteiger partial charge in [0.25, 0.3) is 0 Å². The molecule has 6 heteroatoms. The predicted molar refractivity (Wildman–Crippen MR) is 93.3 cm³/mol. The third kappa shape index (κ3) is 5.88. The number of amides is 1. The molecule has 0 saturated carbocycles. The van der Waals surface area contributed by atoms with Gasteiger partial charge in [-0.2, -0.15) is 0 Å². The van der Waals surface area contributed by atoms with Gasteiger partial charge in [-0.25, -0.2) is 9.18 Å². The second-order valence-corrected chi connectivity index (χ2v) is 7.36. The van der Waals surface area contributed by atoms with Crippen LogP contribution >= 0.6 is 0 Å². The van der Waals surface area contributed by atoms with E-state index >= 15 is 0 Å². The number of rotatable bonds is 6. The van der Waals surface area contributed by atoms with Crippen LogP contribution in [-0.2, 0) is 11.2 Å². The molecule has 1 amide bonds. The highest BCUT2D eigenvalue weighted by molar-refractivity contribution is 5.69. The summed E-state index contributed by atoms with van der Waals surface area (Å²) in [5.41, 5.74) is 0.322. The first-order valence-electron chi connectivity index (χ1n) is 8.82. The summed E-state index contributed by atoms with van der Waals surface area (Å²) in [4.78, 5) is 14.0. The predicted octanol–water partition coefficient (Wildman–Crippen LogP) is 3.53. The van der Waals surface area contributed by atoms with Gasteiger partial charge in [0.2, 0.25) is 0 Å². The van der Waals surface area contributed by atoms with Crippen LogP contribution in [0.3, 0.4) is 0 Å². The van der Waals surface area contributed by atoms with E-state index in [4.69, 9.17) is 14.6 Å². The molecular weight excluding hydrogens is 325 g/mol. The second kappa shape index (κ2) is 8.52. The summed E-state index contributed by atoms with van der Waals surface area (Å²) in [5, 5.41) is 8.99. The SMILES string of the molecule is CC(C)(C)OC(=O)N1CCC[C@H]1COc1cc(F)ccc1CCCO. The minimum absolute atomic E-state index is 0.0753. The Morgan fingerprint density at radius 3 is 2.84 bits per heavy atom. The van der Waals surface area contributed by atoms with Crippen molar-refractivity contribution in [2.24, 2.45) is 0 Å². The summed E-state index contributed by atoms with van der Waals surface area (Å²) in [6.45, 7) is 6.54. The number of ether oxygens (including phenoxy) is 2. The number of halogens is 1. The molecule has 2 rings (SSSR count). The minimum atomic E-state index is -0.537. The highest BCUT2D eigenvalue weighted by Crippen LogP contribution is 2.25. The van der Waals surface area contributed by atoms with Crippen molar-refractivity contribution in [2.75, 3.05) is 19.8 Å². The summed E-state index contributed by atoms with van der Waals surface area (Å²) >= 11 is 0. The van der Waals surface area contributed by atoms with Gasteiger partial charge in [-0.1, -0.05) is 6.07 Å². The quantitative estimate of drug-likeness (QED) is 0.850. The van der Waals surface area contributed by atoms with Gasteiger partial charge in [-0.15, -0.1) is 0 Å². The third-order valence-electron chi connectivity index (χ3n) is 4.07. The van der Waals surface area contributed by atoms with E-state index in [1.807, 2.05) is 20.8 Å². The fraction of sp³-hybridized carbons (Fsp3) is 0.632. The highest BCUT2D eigenvalue weighted by Gasteiger charge is 2.32. The van der Waals surface area contributed by atoms with Crippen LogP contribution in [-0.4, -0.2) is 47.5 Å². The molecule has 1 fully saturated rings. The number of nitrogens with zero attached hydrogens (tertiary/aromatic N) is 1. The van der Waals surface area contributed by atoms with Crippen LogP contribution in [0.5, 0.6) is 5.75 Å². The van der Waals surface area contributed by atoms with Gasteiger partial charge in [-0.3, -0.25) is 0 Å². The molecule has 5 nitrogen and oxygen atoms in total. The van der Waals surface area contributed by atoms with Crippen molar-refractivity contribution in [3.63, 3.8) is 0 Å². The molecule has 0 aromatic heterocycles. The normalized spacial score (nSPS) is 17.6. The summed E-state index contributed by atoms with van der Waals surface area (Å²) in [6.07, 6.45) is 2.61. The van der Waals surface area contributed by atoms with E-state index in [0.717, 1.165) is 18.4 Å². The van der Waals surface area contributed by atoms with Crippen molar-refractivity contribution in [1.29, 1.82) is 0 Å². The van der Waals surface area contributed by atoms with Gasteiger partial charge in [0.15, 0.2) is 0 Å². The summed E-state index contributed by atoms with van der Waals surface area (Å²) < 4.78 is 24.8. The number of aryl methyl sites for hydroxylation is 1. The highest BCUT2D eigenvalue weighted by atomic mass is 19.1.